The number of hydrogen-bond donors (Lipinski definition) is 0. The number of hydrogen-bond acceptors (Lipinski definition) is 1. The van der Waals surface area contributed by atoms with Crippen LogP contribution in [0.5, 0.6) is 0 Å². The Bertz CT molecular complexity index is 1670. The summed E-state index contributed by atoms with van der Waals surface area (Å²) < 4.78 is 309. The summed E-state index contributed by atoms with van der Waals surface area (Å²) >= 11 is -0.191. The fourth-order valence-corrected chi connectivity index (χ4v) is 5.14. The van der Waals surface area contributed by atoms with E-state index in [1.54, 1.807) is 0 Å². The van der Waals surface area contributed by atoms with Crippen LogP contribution in [-0.4, -0.2) is 25.5 Å². The molecule has 24 heteroatoms. The van der Waals surface area contributed by atoms with Crippen LogP contribution in [0.25, 0.3) is 0 Å². The average Bonchev–Trinajstić information content (AvgIpc) is 3.08. The molecule has 1 nitrogen and oxygen atoms in total. The number of rotatable bonds is 6. The normalized spacial score (nSPS) is 11.8. The van der Waals surface area contributed by atoms with Crippen LogP contribution in [0.4, 0.5) is 92.2 Å². The second-order valence-corrected chi connectivity index (χ2v) is 11.5. The van der Waals surface area contributed by atoms with Crippen molar-refractivity contribution in [2.24, 2.45) is 0 Å². The lowest BCUT2D eigenvalue weighted by atomic mass is 9.12. The third kappa shape index (κ3) is 6.22. The van der Waals surface area contributed by atoms with Gasteiger partial charge in [0.1, 0.15) is 76.4 Å². The molecule has 0 aliphatic rings. The van der Waals surface area contributed by atoms with Crippen LogP contribution in [-0.2, 0) is 15.4 Å². The van der Waals surface area contributed by atoms with Crippen molar-refractivity contribution in [2.45, 2.75) is 0 Å². The van der Waals surface area contributed by atoms with Gasteiger partial charge < -0.3 is 0 Å². The molecule has 0 N–H and O–H groups in total. The molecule has 0 aliphatic carbocycles. The van der Waals surface area contributed by atoms with Crippen LogP contribution in [0.15, 0.2) is 0 Å². The van der Waals surface area contributed by atoms with E-state index in [0.29, 0.717) is 0 Å². The predicted octanol–water partition coefficient (Wildman–Crippen LogP) is 6.57. The Balaban J connectivity index is 0.00000107. The monoisotopic (exact) mass is 790 g/mol. The minimum Gasteiger partial charge on any atom is -0.214 e. The first kappa shape index (κ1) is 41.2. The zero-order valence-corrected chi connectivity index (χ0v) is 24.9. The summed E-state index contributed by atoms with van der Waals surface area (Å²) in [6.07, 6.45) is -3.58. The Morgan fingerprint density at radius 3 is 0.549 bits per heavy atom. The molecular formula is C27H8BF21OS. The van der Waals surface area contributed by atoms with E-state index in [1.807, 2.05) is 12.5 Å². The molecule has 51 heavy (non-hydrogen) atoms. The molecule has 0 aliphatic heterocycles. The summed E-state index contributed by atoms with van der Waals surface area (Å²) in [6.45, 7) is -0.657. The van der Waals surface area contributed by atoms with Crippen molar-refractivity contribution in [3.05, 3.63) is 116 Å². The summed E-state index contributed by atoms with van der Waals surface area (Å²) in [5.41, 5.74) is -14.3. The fraction of sp³-hybridized carbons (Fsp3) is 0.111. The van der Waals surface area contributed by atoms with E-state index < -0.39 is 151 Å². The molecule has 0 amide bonds. The third-order valence-corrected chi connectivity index (χ3v) is 7.55. The van der Waals surface area contributed by atoms with Crippen molar-refractivity contribution in [1.82, 2.24) is 0 Å². The Hall–Kier alpha value is -4.22. The van der Waals surface area contributed by atoms with Crippen molar-refractivity contribution in [1.29, 1.82) is 0 Å². The largest absolute Gasteiger partial charge is 0.242 e. The fourth-order valence-electron chi connectivity index (χ4n) is 4.96. The van der Waals surface area contributed by atoms with E-state index in [9.17, 15) is 57.1 Å². The van der Waals surface area contributed by atoms with Crippen molar-refractivity contribution in [3.8, 4) is 0 Å². The molecule has 0 bridgehead atoms. The lowest BCUT2D eigenvalue weighted by Gasteiger charge is -2.44. The molecule has 0 saturated heterocycles. The molecule has 0 saturated carbocycles. The highest BCUT2D eigenvalue weighted by Crippen LogP contribution is 2.30. The Morgan fingerprint density at radius 1 is 0.314 bits per heavy atom. The summed E-state index contributed by atoms with van der Waals surface area (Å²) in [5.74, 6) is -71.4. The maximum atomic E-state index is 15.4. The van der Waals surface area contributed by atoms with Gasteiger partial charge in [-0.2, -0.15) is 0 Å². The smallest absolute Gasteiger partial charge is 0.214 e. The average molecular weight is 790 g/mol. The van der Waals surface area contributed by atoms with Gasteiger partial charge >= 0.3 is 0 Å². The van der Waals surface area contributed by atoms with E-state index in [1.165, 1.54) is 0 Å². The van der Waals surface area contributed by atoms with Crippen molar-refractivity contribution >= 4 is 39.2 Å². The number of halogens is 21. The summed E-state index contributed by atoms with van der Waals surface area (Å²) in [7, 11) is 0. The van der Waals surface area contributed by atoms with E-state index in [-0.39, 0.29) is 11.2 Å². The Kier molecular flexibility index (Phi) is 12.0. The summed E-state index contributed by atoms with van der Waals surface area (Å²) in [6, 6.07) is 0. The predicted molar refractivity (Wildman–Crippen MR) is 135 cm³/mol. The highest BCUT2D eigenvalue weighted by atomic mass is 32.2. The van der Waals surface area contributed by atoms with Crippen LogP contribution < -0.4 is 21.9 Å². The molecule has 0 heterocycles. The first-order valence-electron chi connectivity index (χ1n) is 12.5. The molecule has 0 radical (unpaired) electrons. The molecular weight excluding hydrogens is 782 g/mol. The highest BCUT2D eigenvalue weighted by molar-refractivity contribution is 7.90. The topological polar surface area (TPSA) is 9.23 Å². The van der Waals surface area contributed by atoms with E-state index in [0.717, 1.165) is 0 Å². The van der Waals surface area contributed by atoms with Crippen LogP contribution in [0.3, 0.4) is 0 Å². The van der Waals surface area contributed by atoms with Gasteiger partial charge in [0.2, 0.25) is 6.86 Å². The standard InChI is InChI=1S/C24BF20.C3H8FOS/c26-5-1(6(27)14(35)21(42)13(5)34)25(2-7(28)15(36)22(43)16(37)8(2)29,3-9(30)17(38)23(44)18(39)10(3)31)4-11(32)19(40)24(45)20(41)12(4)33;1-6(2)5-3-4/h;3H2,1-2H3/q-1;+1. The number of benzene rings is 4. The first-order valence-corrected chi connectivity index (χ1v) is 14.4. The van der Waals surface area contributed by atoms with Gasteiger partial charge in [0.05, 0.1) is 0 Å². The molecule has 0 spiro atoms. The minimum atomic E-state index is -7.22. The lowest BCUT2D eigenvalue weighted by molar-refractivity contribution is 0.219. The highest BCUT2D eigenvalue weighted by Gasteiger charge is 2.52. The molecule has 4 rings (SSSR count). The molecule has 0 fully saturated rings. The van der Waals surface area contributed by atoms with E-state index >= 15 is 35.1 Å². The molecule has 278 valence electrons. The van der Waals surface area contributed by atoms with Crippen LogP contribution >= 0.6 is 0 Å². The molecule has 0 atom stereocenters. The van der Waals surface area contributed by atoms with Crippen molar-refractivity contribution in [3.63, 3.8) is 0 Å². The van der Waals surface area contributed by atoms with Crippen molar-refractivity contribution < 1.29 is 96.4 Å². The van der Waals surface area contributed by atoms with Gasteiger partial charge in [0.15, 0.2) is 69.8 Å². The maximum Gasteiger partial charge on any atom is 0.242 e. The zero-order valence-electron chi connectivity index (χ0n) is 24.0. The van der Waals surface area contributed by atoms with E-state index in [4.69, 9.17) is 0 Å². The van der Waals surface area contributed by atoms with Crippen LogP contribution in [0.1, 0.15) is 0 Å². The maximum absolute atomic E-state index is 15.4. The molecule has 0 aromatic heterocycles. The Labute approximate surface area is 271 Å². The van der Waals surface area contributed by atoms with Gasteiger partial charge in [0, 0.05) is 0 Å². The van der Waals surface area contributed by atoms with Crippen LogP contribution in [0, 0.1) is 116 Å². The lowest BCUT2D eigenvalue weighted by Crippen LogP contribution is -2.81. The second kappa shape index (κ2) is 14.8. The van der Waals surface area contributed by atoms with Gasteiger partial charge in [-0.1, -0.05) is 0 Å². The first-order chi connectivity index (χ1) is 23.5. The SMILES string of the molecule is C[S+](C)OCF.Fc1c(F)c(F)c([B-](c2c(F)c(F)c(F)c(F)c2F)(c2c(F)c(F)c(F)c(F)c2F)c2c(F)c(F)c(F)c(F)c2F)c(F)c1F. The second-order valence-electron chi connectivity index (χ2n) is 9.77. The van der Waals surface area contributed by atoms with Crippen LogP contribution in [0.2, 0.25) is 0 Å². The van der Waals surface area contributed by atoms with Gasteiger partial charge in [-0.05, 0) is 0 Å². The van der Waals surface area contributed by atoms with Gasteiger partial charge in [0.25, 0.3) is 0 Å². The van der Waals surface area contributed by atoms with E-state index in [2.05, 4.69) is 4.18 Å². The Morgan fingerprint density at radius 2 is 0.451 bits per heavy atom. The molecule has 0 unspecified atom stereocenters. The molecule has 4 aromatic rings. The quantitative estimate of drug-likeness (QED) is 0.0707. The number of alkyl halides is 1. The van der Waals surface area contributed by atoms with Crippen molar-refractivity contribution in [2.75, 3.05) is 19.4 Å². The van der Waals surface area contributed by atoms with Gasteiger partial charge in [-0.3, -0.25) is 0 Å². The summed E-state index contributed by atoms with van der Waals surface area (Å²) in [5, 5.41) is 0. The van der Waals surface area contributed by atoms with Gasteiger partial charge in [-0.25, -0.2) is 92.2 Å². The third-order valence-electron chi connectivity index (χ3n) is 6.99. The van der Waals surface area contributed by atoms with Gasteiger partial charge in [-0.15, -0.1) is 26.0 Å². The zero-order chi connectivity index (χ0) is 39.3. The minimum absolute atomic E-state index is 0.191. The summed E-state index contributed by atoms with van der Waals surface area (Å²) in [4.78, 5) is 0. The molecule has 4 aromatic carbocycles.